The van der Waals surface area contributed by atoms with Gasteiger partial charge in [0.1, 0.15) is 0 Å². The van der Waals surface area contributed by atoms with Crippen LogP contribution in [0.5, 0.6) is 0 Å². The van der Waals surface area contributed by atoms with E-state index in [0.717, 1.165) is 12.0 Å². The van der Waals surface area contributed by atoms with Crippen molar-refractivity contribution < 1.29 is 0 Å². The van der Waals surface area contributed by atoms with E-state index in [0.29, 0.717) is 0 Å². The first kappa shape index (κ1) is 9.05. The molecule has 0 aromatic rings. The van der Waals surface area contributed by atoms with Gasteiger partial charge in [0, 0.05) is 6.04 Å². The van der Waals surface area contributed by atoms with Crippen molar-refractivity contribution in [3.05, 3.63) is 0 Å². The minimum absolute atomic E-state index is 0.808. The molecule has 0 aromatic heterocycles. The van der Waals surface area contributed by atoms with Gasteiger partial charge in [-0.2, -0.15) is 0 Å². The highest BCUT2D eigenvalue weighted by atomic mass is 14.9. The van der Waals surface area contributed by atoms with E-state index >= 15 is 0 Å². The molecule has 11 heavy (non-hydrogen) atoms. The fraction of sp³-hybridized carbons (Fsp3) is 1.00. The zero-order chi connectivity index (χ0) is 8.10. The van der Waals surface area contributed by atoms with E-state index in [2.05, 4.69) is 19.3 Å². The fourth-order valence-electron chi connectivity index (χ4n) is 2.29. The quantitative estimate of drug-likeness (QED) is 0.658. The maximum absolute atomic E-state index is 3.44. The summed E-state index contributed by atoms with van der Waals surface area (Å²) in [5.41, 5.74) is 0. The summed E-state index contributed by atoms with van der Waals surface area (Å²) in [6.45, 7) is 2.28. The smallest absolute Gasteiger partial charge is 0.00922 e. The second kappa shape index (κ2) is 4.76. The third-order valence-electron chi connectivity index (χ3n) is 2.94. The number of rotatable bonds is 4. The summed E-state index contributed by atoms with van der Waals surface area (Å²) >= 11 is 0. The van der Waals surface area contributed by atoms with Crippen LogP contribution in [0.4, 0.5) is 0 Å². The summed E-state index contributed by atoms with van der Waals surface area (Å²) in [4.78, 5) is 0. The summed E-state index contributed by atoms with van der Waals surface area (Å²) in [5, 5.41) is 3.44. The van der Waals surface area contributed by atoms with Gasteiger partial charge in [0.2, 0.25) is 0 Å². The van der Waals surface area contributed by atoms with Gasteiger partial charge < -0.3 is 5.32 Å². The van der Waals surface area contributed by atoms with Crippen molar-refractivity contribution >= 4 is 0 Å². The summed E-state index contributed by atoms with van der Waals surface area (Å²) in [6, 6.07) is 0.808. The second-order valence-electron chi connectivity index (χ2n) is 3.73. The minimum Gasteiger partial charge on any atom is -0.317 e. The molecule has 0 aromatic carbocycles. The van der Waals surface area contributed by atoms with Crippen LogP contribution in [0.2, 0.25) is 0 Å². The molecule has 0 saturated heterocycles. The maximum Gasteiger partial charge on any atom is 0.00922 e. The Balaban J connectivity index is 2.27. The minimum atomic E-state index is 0.808. The van der Waals surface area contributed by atoms with E-state index in [4.69, 9.17) is 0 Å². The lowest BCUT2D eigenvalue weighted by Crippen LogP contribution is -2.31. The SMILES string of the molecule is CCCC(NC)C1CCCC1. The summed E-state index contributed by atoms with van der Waals surface area (Å²) in [7, 11) is 2.11. The van der Waals surface area contributed by atoms with Crippen molar-refractivity contribution in [1.82, 2.24) is 5.32 Å². The Kier molecular flexibility index (Phi) is 3.92. The Hall–Kier alpha value is -0.0400. The van der Waals surface area contributed by atoms with Gasteiger partial charge in [-0.25, -0.2) is 0 Å². The summed E-state index contributed by atoms with van der Waals surface area (Å²) in [5.74, 6) is 0.986. The van der Waals surface area contributed by atoms with Gasteiger partial charge in [-0.15, -0.1) is 0 Å². The second-order valence-corrected chi connectivity index (χ2v) is 3.73. The fourth-order valence-corrected chi connectivity index (χ4v) is 2.29. The van der Waals surface area contributed by atoms with Gasteiger partial charge >= 0.3 is 0 Å². The van der Waals surface area contributed by atoms with E-state index in [9.17, 15) is 0 Å². The van der Waals surface area contributed by atoms with Crippen LogP contribution in [-0.2, 0) is 0 Å². The number of nitrogens with one attached hydrogen (secondary N) is 1. The predicted molar refractivity (Wildman–Crippen MR) is 49.7 cm³/mol. The van der Waals surface area contributed by atoms with Crippen molar-refractivity contribution in [3.63, 3.8) is 0 Å². The molecule has 0 amide bonds. The number of hydrogen-bond donors (Lipinski definition) is 1. The van der Waals surface area contributed by atoms with Gasteiger partial charge in [0.05, 0.1) is 0 Å². The molecule has 1 unspecified atom stereocenters. The number of hydrogen-bond acceptors (Lipinski definition) is 1. The molecule has 1 N–H and O–H groups in total. The first-order valence-electron chi connectivity index (χ1n) is 5.05. The lowest BCUT2D eigenvalue weighted by molar-refractivity contribution is 0.357. The van der Waals surface area contributed by atoms with Crippen LogP contribution in [0.25, 0.3) is 0 Å². The average molecular weight is 155 g/mol. The maximum atomic E-state index is 3.44. The molecule has 1 fully saturated rings. The van der Waals surface area contributed by atoms with E-state index < -0.39 is 0 Å². The van der Waals surface area contributed by atoms with Crippen molar-refractivity contribution in [3.8, 4) is 0 Å². The molecule has 1 nitrogen and oxygen atoms in total. The van der Waals surface area contributed by atoms with E-state index in [1.165, 1.54) is 38.5 Å². The summed E-state index contributed by atoms with van der Waals surface area (Å²) in [6.07, 6.45) is 8.54. The Morgan fingerprint density at radius 3 is 2.45 bits per heavy atom. The highest BCUT2D eigenvalue weighted by Crippen LogP contribution is 2.29. The monoisotopic (exact) mass is 155 g/mol. The first-order valence-corrected chi connectivity index (χ1v) is 5.05. The van der Waals surface area contributed by atoms with Crippen LogP contribution in [0, 0.1) is 5.92 Å². The van der Waals surface area contributed by atoms with Crippen molar-refractivity contribution in [2.24, 2.45) is 5.92 Å². The zero-order valence-electron chi connectivity index (χ0n) is 7.90. The Labute approximate surface area is 70.6 Å². The Morgan fingerprint density at radius 1 is 1.36 bits per heavy atom. The molecular weight excluding hydrogens is 134 g/mol. The summed E-state index contributed by atoms with van der Waals surface area (Å²) < 4.78 is 0. The van der Waals surface area contributed by atoms with Gasteiger partial charge in [0.15, 0.2) is 0 Å². The third kappa shape index (κ3) is 2.48. The van der Waals surface area contributed by atoms with Crippen LogP contribution in [0.1, 0.15) is 45.4 Å². The van der Waals surface area contributed by atoms with Gasteiger partial charge in [-0.05, 0) is 32.2 Å². The molecule has 0 radical (unpaired) electrons. The first-order chi connectivity index (χ1) is 5.38. The van der Waals surface area contributed by atoms with E-state index in [1.807, 2.05) is 0 Å². The van der Waals surface area contributed by atoms with Crippen LogP contribution in [0.3, 0.4) is 0 Å². The largest absolute Gasteiger partial charge is 0.317 e. The molecule has 1 heteroatoms. The van der Waals surface area contributed by atoms with Crippen LogP contribution in [-0.4, -0.2) is 13.1 Å². The molecular formula is C10H21N. The third-order valence-corrected chi connectivity index (χ3v) is 2.94. The van der Waals surface area contributed by atoms with E-state index in [1.54, 1.807) is 0 Å². The Bertz CT molecular complexity index is 95.0. The molecule has 0 spiro atoms. The molecule has 0 heterocycles. The molecule has 66 valence electrons. The molecule has 1 aliphatic carbocycles. The van der Waals surface area contributed by atoms with Crippen molar-refractivity contribution in [1.29, 1.82) is 0 Å². The standard InChI is InChI=1S/C10H21N/c1-3-6-10(11-2)9-7-4-5-8-9/h9-11H,3-8H2,1-2H3. The molecule has 1 aliphatic rings. The predicted octanol–water partition coefficient (Wildman–Crippen LogP) is 2.56. The molecule has 1 rings (SSSR count). The van der Waals surface area contributed by atoms with Crippen LogP contribution in [0.15, 0.2) is 0 Å². The highest BCUT2D eigenvalue weighted by Gasteiger charge is 2.22. The molecule has 0 aliphatic heterocycles. The van der Waals surface area contributed by atoms with Crippen molar-refractivity contribution in [2.75, 3.05) is 7.05 Å². The lowest BCUT2D eigenvalue weighted by atomic mass is 9.95. The Morgan fingerprint density at radius 2 is 2.00 bits per heavy atom. The zero-order valence-corrected chi connectivity index (χ0v) is 7.90. The van der Waals surface area contributed by atoms with Crippen molar-refractivity contribution in [2.45, 2.75) is 51.5 Å². The highest BCUT2D eigenvalue weighted by molar-refractivity contribution is 4.78. The van der Waals surface area contributed by atoms with E-state index in [-0.39, 0.29) is 0 Å². The lowest BCUT2D eigenvalue weighted by Gasteiger charge is -2.21. The molecule has 0 bridgehead atoms. The van der Waals surface area contributed by atoms with Gasteiger partial charge in [0.25, 0.3) is 0 Å². The normalized spacial score (nSPS) is 22.4. The average Bonchev–Trinajstić information content (AvgIpc) is 2.52. The van der Waals surface area contributed by atoms with Gasteiger partial charge in [-0.3, -0.25) is 0 Å². The molecule has 1 saturated carbocycles. The van der Waals surface area contributed by atoms with Crippen LogP contribution < -0.4 is 5.32 Å². The molecule has 1 atom stereocenters. The van der Waals surface area contributed by atoms with Gasteiger partial charge in [-0.1, -0.05) is 26.2 Å². The topological polar surface area (TPSA) is 12.0 Å². The van der Waals surface area contributed by atoms with Crippen LogP contribution >= 0.6 is 0 Å².